The molecule has 20 heavy (non-hydrogen) atoms. The standard InChI is InChI=1S/C18H18N2/c19-18(11-10-14-6-2-1-3-7-14)17-13-20-12-15-8-4-5-9-16(15)17/h1-9,12-13,18H,10-11,19H2. The molecule has 2 aromatic carbocycles. The second-order valence-electron chi connectivity index (χ2n) is 5.08. The first-order valence-electron chi connectivity index (χ1n) is 6.97. The molecule has 100 valence electrons. The van der Waals surface area contributed by atoms with Gasteiger partial charge in [-0.2, -0.15) is 0 Å². The monoisotopic (exact) mass is 262 g/mol. The van der Waals surface area contributed by atoms with Gasteiger partial charge in [-0.15, -0.1) is 0 Å². The van der Waals surface area contributed by atoms with E-state index in [0.29, 0.717) is 0 Å². The molecule has 0 aliphatic rings. The molecule has 0 radical (unpaired) electrons. The van der Waals surface area contributed by atoms with Crippen LogP contribution in [-0.2, 0) is 6.42 Å². The average molecular weight is 262 g/mol. The minimum absolute atomic E-state index is 0.0220. The Bertz CT molecular complexity index is 687. The number of hydrogen-bond donors (Lipinski definition) is 1. The predicted molar refractivity (Wildman–Crippen MR) is 83.4 cm³/mol. The van der Waals surface area contributed by atoms with Crippen LogP contribution < -0.4 is 5.73 Å². The van der Waals surface area contributed by atoms with Gasteiger partial charge in [0.15, 0.2) is 0 Å². The third-order valence-electron chi connectivity index (χ3n) is 3.69. The third kappa shape index (κ3) is 2.70. The smallest absolute Gasteiger partial charge is 0.0346 e. The second-order valence-corrected chi connectivity index (χ2v) is 5.08. The lowest BCUT2D eigenvalue weighted by molar-refractivity contribution is 0.653. The van der Waals surface area contributed by atoms with Gasteiger partial charge in [-0.1, -0.05) is 54.6 Å². The van der Waals surface area contributed by atoms with Crippen LogP contribution in [-0.4, -0.2) is 4.98 Å². The highest BCUT2D eigenvalue weighted by Crippen LogP contribution is 2.24. The van der Waals surface area contributed by atoms with Gasteiger partial charge >= 0.3 is 0 Å². The first-order chi connectivity index (χ1) is 9.84. The summed E-state index contributed by atoms with van der Waals surface area (Å²) < 4.78 is 0. The molecule has 2 heteroatoms. The van der Waals surface area contributed by atoms with E-state index < -0.39 is 0 Å². The molecule has 3 aromatic rings. The van der Waals surface area contributed by atoms with Crippen molar-refractivity contribution in [1.29, 1.82) is 0 Å². The molecule has 2 nitrogen and oxygen atoms in total. The number of aromatic nitrogens is 1. The normalized spacial score (nSPS) is 12.4. The van der Waals surface area contributed by atoms with E-state index in [1.54, 1.807) is 0 Å². The summed E-state index contributed by atoms with van der Waals surface area (Å²) in [6.07, 6.45) is 5.71. The largest absolute Gasteiger partial charge is 0.324 e. The van der Waals surface area contributed by atoms with Crippen molar-refractivity contribution in [3.05, 3.63) is 78.1 Å². The SMILES string of the molecule is NC(CCc1ccccc1)c1cncc2ccccc12. The summed E-state index contributed by atoms with van der Waals surface area (Å²) in [5, 5.41) is 2.36. The number of hydrogen-bond acceptors (Lipinski definition) is 2. The first kappa shape index (κ1) is 12.8. The lowest BCUT2D eigenvalue weighted by atomic mass is 9.97. The van der Waals surface area contributed by atoms with E-state index >= 15 is 0 Å². The zero-order valence-corrected chi connectivity index (χ0v) is 11.4. The van der Waals surface area contributed by atoms with Crippen LogP contribution in [0.25, 0.3) is 10.8 Å². The van der Waals surface area contributed by atoms with Crippen LogP contribution in [0.1, 0.15) is 23.6 Å². The number of pyridine rings is 1. The van der Waals surface area contributed by atoms with Gasteiger partial charge in [0, 0.05) is 23.8 Å². The van der Waals surface area contributed by atoms with Crippen molar-refractivity contribution in [2.45, 2.75) is 18.9 Å². The van der Waals surface area contributed by atoms with Crippen LogP contribution in [0.5, 0.6) is 0 Å². The maximum absolute atomic E-state index is 6.37. The van der Waals surface area contributed by atoms with Crippen molar-refractivity contribution in [1.82, 2.24) is 4.98 Å². The van der Waals surface area contributed by atoms with Crippen LogP contribution in [0, 0.1) is 0 Å². The summed E-state index contributed by atoms with van der Waals surface area (Å²) in [6, 6.07) is 18.8. The van der Waals surface area contributed by atoms with Crippen LogP contribution in [0.15, 0.2) is 67.0 Å². The number of fused-ring (bicyclic) bond motifs is 1. The Balaban J connectivity index is 1.80. The fraction of sp³-hybridized carbons (Fsp3) is 0.167. The van der Waals surface area contributed by atoms with E-state index in [1.165, 1.54) is 10.9 Å². The Morgan fingerprint density at radius 3 is 2.50 bits per heavy atom. The van der Waals surface area contributed by atoms with Crippen molar-refractivity contribution in [2.24, 2.45) is 5.73 Å². The molecule has 0 saturated heterocycles. The molecular weight excluding hydrogens is 244 g/mol. The lowest BCUT2D eigenvalue weighted by Crippen LogP contribution is -2.12. The van der Waals surface area contributed by atoms with Gasteiger partial charge in [0.25, 0.3) is 0 Å². The Hall–Kier alpha value is -2.19. The number of nitrogens with zero attached hydrogens (tertiary/aromatic N) is 1. The summed E-state index contributed by atoms with van der Waals surface area (Å²) in [5.41, 5.74) is 8.84. The third-order valence-corrected chi connectivity index (χ3v) is 3.69. The molecule has 2 N–H and O–H groups in total. The molecule has 1 atom stereocenters. The summed E-state index contributed by atoms with van der Waals surface area (Å²) >= 11 is 0. The van der Waals surface area contributed by atoms with E-state index in [-0.39, 0.29) is 6.04 Å². The van der Waals surface area contributed by atoms with Crippen molar-refractivity contribution < 1.29 is 0 Å². The molecule has 0 aliphatic carbocycles. The van der Waals surface area contributed by atoms with Crippen LogP contribution in [0.4, 0.5) is 0 Å². The van der Waals surface area contributed by atoms with Gasteiger partial charge in [-0.05, 0) is 29.4 Å². The Kier molecular flexibility index (Phi) is 3.75. The summed E-state index contributed by atoms with van der Waals surface area (Å²) in [6.45, 7) is 0. The predicted octanol–water partition coefficient (Wildman–Crippen LogP) is 3.87. The number of nitrogens with two attached hydrogens (primary N) is 1. The van der Waals surface area contributed by atoms with E-state index in [1.807, 2.05) is 24.5 Å². The molecule has 0 spiro atoms. The molecule has 1 heterocycles. The van der Waals surface area contributed by atoms with Gasteiger partial charge in [0.1, 0.15) is 0 Å². The highest BCUT2D eigenvalue weighted by atomic mass is 14.7. The molecule has 1 aromatic heterocycles. The summed E-state index contributed by atoms with van der Waals surface area (Å²) in [7, 11) is 0. The van der Waals surface area contributed by atoms with Gasteiger partial charge in [-0.3, -0.25) is 4.98 Å². The minimum atomic E-state index is 0.0220. The topological polar surface area (TPSA) is 38.9 Å². The van der Waals surface area contributed by atoms with E-state index in [2.05, 4.69) is 47.4 Å². The van der Waals surface area contributed by atoms with Gasteiger partial charge in [0.05, 0.1) is 0 Å². The quantitative estimate of drug-likeness (QED) is 0.775. The van der Waals surface area contributed by atoms with Crippen molar-refractivity contribution in [2.75, 3.05) is 0 Å². The minimum Gasteiger partial charge on any atom is -0.324 e. The van der Waals surface area contributed by atoms with Gasteiger partial charge in [0.2, 0.25) is 0 Å². The fourth-order valence-electron chi connectivity index (χ4n) is 2.56. The molecule has 0 amide bonds. The number of aryl methyl sites for hydroxylation is 1. The maximum atomic E-state index is 6.37. The molecule has 3 rings (SSSR count). The van der Waals surface area contributed by atoms with Gasteiger partial charge in [-0.25, -0.2) is 0 Å². The van der Waals surface area contributed by atoms with Crippen LogP contribution in [0.2, 0.25) is 0 Å². The van der Waals surface area contributed by atoms with E-state index in [4.69, 9.17) is 5.73 Å². The molecule has 1 unspecified atom stereocenters. The Labute approximate surface area is 119 Å². The van der Waals surface area contributed by atoms with E-state index in [0.717, 1.165) is 23.8 Å². The zero-order chi connectivity index (χ0) is 13.8. The lowest BCUT2D eigenvalue weighted by Gasteiger charge is -2.14. The highest BCUT2D eigenvalue weighted by molar-refractivity contribution is 5.85. The van der Waals surface area contributed by atoms with Crippen LogP contribution in [0.3, 0.4) is 0 Å². The second kappa shape index (κ2) is 5.85. The van der Waals surface area contributed by atoms with Gasteiger partial charge < -0.3 is 5.73 Å². The van der Waals surface area contributed by atoms with E-state index in [9.17, 15) is 0 Å². The zero-order valence-electron chi connectivity index (χ0n) is 11.4. The van der Waals surface area contributed by atoms with Crippen LogP contribution >= 0.6 is 0 Å². The highest BCUT2D eigenvalue weighted by Gasteiger charge is 2.10. The number of rotatable bonds is 4. The first-order valence-corrected chi connectivity index (χ1v) is 6.97. The average Bonchev–Trinajstić information content (AvgIpc) is 2.53. The fourth-order valence-corrected chi connectivity index (χ4v) is 2.56. The Morgan fingerprint density at radius 1 is 0.900 bits per heavy atom. The molecule has 0 saturated carbocycles. The summed E-state index contributed by atoms with van der Waals surface area (Å²) in [5.74, 6) is 0. The Morgan fingerprint density at radius 2 is 1.65 bits per heavy atom. The molecule has 0 aliphatic heterocycles. The van der Waals surface area contributed by atoms with Crippen molar-refractivity contribution in [3.8, 4) is 0 Å². The van der Waals surface area contributed by atoms with Crippen molar-refractivity contribution in [3.63, 3.8) is 0 Å². The number of benzene rings is 2. The van der Waals surface area contributed by atoms with Crippen molar-refractivity contribution >= 4 is 10.8 Å². The molecule has 0 fully saturated rings. The molecular formula is C18H18N2. The molecule has 0 bridgehead atoms. The maximum Gasteiger partial charge on any atom is 0.0346 e. The summed E-state index contributed by atoms with van der Waals surface area (Å²) in [4.78, 5) is 4.31.